The molecule has 4 aromatic rings. The number of halogens is 2. The van der Waals surface area contributed by atoms with Crippen LogP contribution in [0.5, 0.6) is 0 Å². The Kier molecular flexibility index (Phi) is 4.82. The van der Waals surface area contributed by atoms with Crippen LogP contribution in [0.25, 0.3) is 11.4 Å². The van der Waals surface area contributed by atoms with Gasteiger partial charge in [0.25, 0.3) is 5.91 Å². The first-order valence-electron chi connectivity index (χ1n) is 9.03. The largest absolute Gasteiger partial charge is 0.322 e. The quantitative estimate of drug-likeness (QED) is 0.559. The molecule has 0 saturated heterocycles. The van der Waals surface area contributed by atoms with Crippen molar-refractivity contribution >= 4 is 11.6 Å². The number of anilines is 1. The molecule has 0 bridgehead atoms. The fourth-order valence-corrected chi connectivity index (χ4v) is 3.21. The molecule has 0 fully saturated rings. The molecule has 4 rings (SSSR count). The summed E-state index contributed by atoms with van der Waals surface area (Å²) in [5, 5.41) is 18.2. The highest BCUT2D eigenvalue weighted by atomic mass is 19.1. The number of carbonyl (C=O) groups is 1. The van der Waals surface area contributed by atoms with Crippen LogP contribution >= 0.6 is 0 Å². The molecule has 2 aromatic carbocycles. The lowest BCUT2D eigenvalue weighted by atomic mass is 10.1. The lowest BCUT2D eigenvalue weighted by molar-refractivity contribution is 0.102. The second-order valence-electron chi connectivity index (χ2n) is 6.69. The molecule has 0 radical (unpaired) electrons. The Bertz CT molecular complexity index is 1240. The van der Waals surface area contributed by atoms with Crippen LogP contribution in [0.15, 0.2) is 42.5 Å². The number of aromatic nitrogens is 6. The third-order valence-corrected chi connectivity index (χ3v) is 4.65. The van der Waals surface area contributed by atoms with Crippen LogP contribution in [-0.2, 0) is 0 Å². The molecule has 1 N–H and O–H groups in total. The summed E-state index contributed by atoms with van der Waals surface area (Å²) >= 11 is 0. The molecule has 152 valence electrons. The summed E-state index contributed by atoms with van der Waals surface area (Å²) in [5.74, 6) is -0.878. The second kappa shape index (κ2) is 7.47. The minimum atomic E-state index is -0.528. The Hall–Kier alpha value is -3.95. The highest BCUT2D eigenvalue weighted by Gasteiger charge is 2.20. The van der Waals surface area contributed by atoms with E-state index < -0.39 is 11.7 Å². The number of rotatable bonds is 4. The number of aryl methyl sites for hydroxylation is 2. The summed E-state index contributed by atoms with van der Waals surface area (Å²) < 4.78 is 30.3. The van der Waals surface area contributed by atoms with Crippen LogP contribution in [0.3, 0.4) is 0 Å². The van der Waals surface area contributed by atoms with Crippen LogP contribution in [0, 0.1) is 32.4 Å². The SMILES string of the molecule is Cc1nn(-c2ccc(F)cc2)c(C)c1C(=O)Nc1ccc(F)c(-n2nnnc2C)c1. The van der Waals surface area contributed by atoms with Crippen LogP contribution < -0.4 is 5.32 Å². The average molecular weight is 409 g/mol. The van der Waals surface area contributed by atoms with Crippen molar-refractivity contribution in [2.45, 2.75) is 20.8 Å². The molecule has 8 nitrogen and oxygen atoms in total. The van der Waals surface area contributed by atoms with Gasteiger partial charge in [-0.25, -0.2) is 13.5 Å². The molecule has 0 spiro atoms. The predicted molar refractivity (Wildman–Crippen MR) is 105 cm³/mol. The van der Waals surface area contributed by atoms with Gasteiger partial charge in [-0.05, 0) is 73.7 Å². The number of amides is 1. The molecule has 0 saturated carbocycles. The second-order valence-corrected chi connectivity index (χ2v) is 6.69. The van der Waals surface area contributed by atoms with E-state index in [-0.39, 0.29) is 11.5 Å². The van der Waals surface area contributed by atoms with Gasteiger partial charge in [-0.1, -0.05) is 0 Å². The number of hydrogen-bond acceptors (Lipinski definition) is 5. The summed E-state index contributed by atoms with van der Waals surface area (Å²) in [5.41, 5.74) is 2.60. The van der Waals surface area contributed by atoms with Gasteiger partial charge in [0, 0.05) is 5.69 Å². The first-order chi connectivity index (χ1) is 14.3. The summed E-state index contributed by atoms with van der Waals surface area (Å²) in [6, 6.07) is 9.94. The summed E-state index contributed by atoms with van der Waals surface area (Å²) in [6.07, 6.45) is 0. The monoisotopic (exact) mass is 409 g/mol. The van der Waals surface area contributed by atoms with Crippen molar-refractivity contribution in [3.05, 3.63) is 76.9 Å². The number of hydrogen-bond donors (Lipinski definition) is 1. The highest BCUT2D eigenvalue weighted by molar-refractivity contribution is 6.06. The number of nitrogens with zero attached hydrogens (tertiary/aromatic N) is 6. The molecule has 2 heterocycles. The van der Waals surface area contributed by atoms with E-state index in [1.54, 1.807) is 37.6 Å². The third-order valence-electron chi connectivity index (χ3n) is 4.65. The number of tetrazole rings is 1. The normalized spacial score (nSPS) is 11.0. The maximum absolute atomic E-state index is 14.3. The lowest BCUT2D eigenvalue weighted by Gasteiger charge is -2.09. The first-order valence-corrected chi connectivity index (χ1v) is 9.03. The average Bonchev–Trinajstić information content (AvgIpc) is 3.26. The zero-order chi connectivity index (χ0) is 21.4. The number of nitrogens with one attached hydrogen (secondary N) is 1. The molecule has 1 amide bonds. The van der Waals surface area contributed by atoms with Gasteiger partial charge in [-0.2, -0.15) is 9.78 Å². The standard InChI is InChI=1S/C20H17F2N7O/c1-11-19(12(2)28(25-11)16-7-4-14(21)5-8-16)20(30)23-15-6-9-17(22)18(10-15)29-13(3)24-26-27-29/h4-10H,1-3H3,(H,23,30). The van der Waals surface area contributed by atoms with Gasteiger partial charge in [0.15, 0.2) is 5.82 Å². The van der Waals surface area contributed by atoms with Crippen molar-refractivity contribution in [1.82, 2.24) is 30.0 Å². The van der Waals surface area contributed by atoms with Crippen LogP contribution in [0.4, 0.5) is 14.5 Å². The van der Waals surface area contributed by atoms with E-state index in [0.717, 1.165) is 0 Å². The van der Waals surface area contributed by atoms with E-state index in [9.17, 15) is 13.6 Å². The number of benzene rings is 2. The zero-order valence-corrected chi connectivity index (χ0v) is 16.4. The van der Waals surface area contributed by atoms with Crippen molar-refractivity contribution in [1.29, 1.82) is 0 Å². The lowest BCUT2D eigenvalue weighted by Crippen LogP contribution is -2.15. The topological polar surface area (TPSA) is 90.5 Å². The Labute approximate surface area is 170 Å². The fourth-order valence-electron chi connectivity index (χ4n) is 3.21. The molecular weight excluding hydrogens is 392 g/mol. The van der Waals surface area contributed by atoms with Gasteiger partial charge >= 0.3 is 0 Å². The smallest absolute Gasteiger partial charge is 0.259 e. The Morgan fingerprint density at radius 2 is 1.73 bits per heavy atom. The van der Waals surface area contributed by atoms with E-state index in [1.165, 1.54) is 35.0 Å². The predicted octanol–water partition coefficient (Wildman–Crippen LogP) is 3.30. The molecule has 30 heavy (non-hydrogen) atoms. The maximum Gasteiger partial charge on any atom is 0.259 e. The van der Waals surface area contributed by atoms with E-state index in [0.29, 0.717) is 34.2 Å². The summed E-state index contributed by atoms with van der Waals surface area (Å²) in [4.78, 5) is 12.9. The molecule has 2 aromatic heterocycles. The highest BCUT2D eigenvalue weighted by Crippen LogP contribution is 2.22. The zero-order valence-electron chi connectivity index (χ0n) is 16.4. The Balaban J connectivity index is 1.65. The number of carbonyl (C=O) groups excluding carboxylic acids is 1. The van der Waals surface area contributed by atoms with E-state index in [2.05, 4.69) is 25.9 Å². The minimum absolute atomic E-state index is 0.116. The van der Waals surface area contributed by atoms with Gasteiger partial charge in [0.05, 0.1) is 22.6 Å². The van der Waals surface area contributed by atoms with Gasteiger partial charge in [0.2, 0.25) is 0 Å². The molecule has 0 aliphatic rings. The van der Waals surface area contributed by atoms with Gasteiger partial charge in [-0.15, -0.1) is 5.10 Å². The van der Waals surface area contributed by atoms with Crippen molar-refractivity contribution in [3.63, 3.8) is 0 Å². The van der Waals surface area contributed by atoms with Crippen LogP contribution in [-0.4, -0.2) is 35.9 Å². The summed E-state index contributed by atoms with van der Waals surface area (Å²) in [7, 11) is 0. The molecule has 0 aliphatic carbocycles. The van der Waals surface area contributed by atoms with E-state index in [4.69, 9.17) is 0 Å². The molecule has 0 unspecified atom stereocenters. The summed E-state index contributed by atoms with van der Waals surface area (Å²) in [6.45, 7) is 5.10. The molecule has 0 atom stereocenters. The van der Waals surface area contributed by atoms with Gasteiger partial charge < -0.3 is 5.32 Å². The minimum Gasteiger partial charge on any atom is -0.322 e. The molecule has 0 aliphatic heterocycles. The Morgan fingerprint density at radius 1 is 1.00 bits per heavy atom. The molecule has 10 heteroatoms. The maximum atomic E-state index is 14.3. The van der Waals surface area contributed by atoms with Crippen LogP contribution in [0.1, 0.15) is 27.6 Å². The fraction of sp³-hybridized carbons (Fsp3) is 0.150. The van der Waals surface area contributed by atoms with Crippen LogP contribution in [0.2, 0.25) is 0 Å². The molecular formula is C20H17F2N7O. The Morgan fingerprint density at radius 3 is 2.40 bits per heavy atom. The van der Waals surface area contributed by atoms with Crippen molar-refractivity contribution in [3.8, 4) is 11.4 Å². The van der Waals surface area contributed by atoms with Crippen molar-refractivity contribution < 1.29 is 13.6 Å². The van der Waals surface area contributed by atoms with E-state index >= 15 is 0 Å². The van der Waals surface area contributed by atoms with Crippen molar-refractivity contribution in [2.24, 2.45) is 0 Å². The van der Waals surface area contributed by atoms with Crippen molar-refractivity contribution in [2.75, 3.05) is 5.32 Å². The third kappa shape index (κ3) is 3.43. The van der Waals surface area contributed by atoms with Gasteiger partial charge in [0.1, 0.15) is 17.3 Å². The van der Waals surface area contributed by atoms with Gasteiger partial charge in [-0.3, -0.25) is 4.79 Å². The first kappa shape index (κ1) is 19.4. The van der Waals surface area contributed by atoms with E-state index in [1.807, 2.05) is 0 Å².